The molecule has 2 aromatic carbocycles. The first kappa shape index (κ1) is 20.1. The zero-order valence-corrected chi connectivity index (χ0v) is 16.7. The van der Waals surface area contributed by atoms with Gasteiger partial charge in [-0.05, 0) is 43.4 Å². The van der Waals surface area contributed by atoms with Gasteiger partial charge in [-0.2, -0.15) is 0 Å². The van der Waals surface area contributed by atoms with Crippen LogP contribution in [0, 0.1) is 5.82 Å². The third-order valence-corrected chi connectivity index (χ3v) is 5.24. The van der Waals surface area contributed by atoms with E-state index in [9.17, 15) is 14.3 Å². The minimum absolute atomic E-state index is 0.00280. The number of ether oxygens (including phenoxy) is 3. The van der Waals surface area contributed by atoms with E-state index in [1.54, 1.807) is 12.1 Å². The molecule has 158 valence electrons. The van der Waals surface area contributed by atoms with Crippen LogP contribution in [0.1, 0.15) is 37.7 Å². The van der Waals surface area contributed by atoms with Crippen molar-refractivity contribution >= 4 is 11.0 Å². The summed E-state index contributed by atoms with van der Waals surface area (Å²) in [7, 11) is 1.37. The van der Waals surface area contributed by atoms with Gasteiger partial charge in [0.05, 0.1) is 13.2 Å². The highest BCUT2D eigenvalue weighted by atomic mass is 19.1. The van der Waals surface area contributed by atoms with Gasteiger partial charge in [-0.1, -0.05) is 18.6 Å². The van der Waals surface area contributed by atoms with Gasteiger partial charge < -0.3 is 23.7 Å². The monoisotopic (exact) mass is 414 g/mol. The molecule has 0 radical (unpaired) electrons. The molecular formula is C23H23FO6. The Kier molecular flexibility index (Phi) is 5.79. The second-order valence-corrected chi connectivity index (χ2v) is 7.35. The van der Waals surface area contributed by atoms with Crippen LogP contribution in [0.25, 0.3) is 11.0 Å². The van der Waals surface area contributed by atoms with E-state index >= 15 is 0 Å². The molecule has 1 aromatic heterocycles. The summed E-state index contributed by atoms with van der Waals surface area (Å²) in [6, 6.07) is 8.60. The predicted molar refractivity (Wildman–Crippen MR) is 109 cm³/mol. The Morgan fingerprint density at radius 1 is 1.13 bits per heavy atom. The number of phenols is 1. The summed E-state index contributed by atoms with van der Waals surface area (Å²) in [5.74, 6) is -0.356. The van der Waals surface area contributed by atoms with Gasteiger partial charge in [0, 0.05) is 6.07 Å². The van der Waals surface area contributed by atoms with E-state index in [-0.39, 0.29) is 52.7 Å². The molecule has 0 saturated heterocycles. The van der Waals surface area contributed by atoms with Crippen LogP contribution in [-0.4, -0.2) is 18.3 Å². The Labute approximate surface area is 172 Å². The molecule has 1 aliphatic rings. The second kappa shape index (κ2) is 8.65. The highest BCUT2D eigenvalue weighted by molar-refractivity contribution is 5.88. The Bertz CT molecular complexity index is 1080. The van der Waals surface area contributed by atoms with E-state index in [2.05, 4.69) is 0 Å². The van der Waals surface area contributed by atoms with Crippen LogP contribution in [0.2, 0.25) is 0 Å². The van der Waals surface area contributed by atoms with E-state index in [0.717, 1.165) is 31.2 Å². The molecule has 0 bridgehead atoms. The quantitative estimate of drug-likeness (QED) is 0.616. The van der Waals surface area contributed by atoms with E-state index in [1.165, 1.54) is 37.8 Å². The molecule has 0 amide bonds. The van der Waals surface area contributed by atoms with Crippen LogP contribution >= 0.6 is 0 Å². The highest BCUT2D eigenvalue weighted by Gasteiger charge is 2.22. The number of hydrogen-bond donors (Lipinski definition) is 1. The molecule has 0 unspecified atom stereocenters. The molecule has 0 spiro atoms. The molecule has 1 aliphatic carbocycles. The molecule has 1 fully saturated rings. The van der Waals surface area contributed by atoms with Gasteiger partial charge in [0.2, 0.25) is 11.2 Å². The molecule has 4 rings (SSSR count). The Morgan fingerprint density at radius 3 is 2.57 bits per heavy atom. The van der Waals surface area contributed by atoms with Gasteiger partial charge in [0.25, 0.3) is 5.95 Å². The summed E-state index contributed by atoms with van der Waals surface area (Å²) in [4.78, 5) is 12.6. The first-order valence-corrected chi connectivity index (χ1v) is 9.97. The van der Waals surface area contributed by atoms with Crippen molar-refractivity contribution in [1.29, 1.82) is 0 Å². The van der Waals surface area contributed by atoms with Crippen LogP contribution in [0.15, 0.2) is 45.6 Å². The molecule has 0 atom stereocenters. The number of methoxy groups -OCH3 is 1. The number of hydrogen-bond acceptors (Lipinski definition) is 6. The largest absolute Gasteiger partial charge is 0.504 e. The van der Waals surface area contributed by atoms with Crippen LogP contribution in [0.5, 0.6) is 23.2 Å². The lowest BCUT2D eigenvalue weighted by Crippen LogP contribution is -2.20. The van der Waals surface area contributed by atoms with Gasteiger partial charge in [-0.3, -0.25) is 4.79 Å². The molecule has 1 saturated carbocycles. The Hall–Kier alpha value is -3.22. The molecule has 1 heterocycles. The molecular weight excluding hydrogens is 391 g/mol. The summed E-state index contributed by atoms with van der Waals surface area (Å²) < 4.78 is 35.7. The van der Waals surface area contributed by atoms with E-state index in [1.807, 2.05) is 0 Å². The average molecular weight is 414 g/mol. The maximum Gasteiger partial charge on any atom is 0.289 e. The highest BCUT2D eigenvalue weighted by Crippen LogP contribution is 2.42. The number of rotatable bonds is 6. The van der Waals surface area contributed by atoms with Gasteiger partial charge in [0.15, 0.2) is 11.5 Å². The molecule has 3 aromatic rings. The number of benzene rings is 2. The van der Waals surface area contributed by atoms with Crippen molar-refractivity contribution in [2.45, 2.75) is 44.8 Å². The van der Waals surface area contributed by atoms with Crippen molar-refractivity contribution in [3.05, 3.63) is 58.0 Å². The van der Waals surface area contributed by atoms with E-state index < -0.39 is 5.43 Å². The summed E-state index contributed by atoms with van der Waals surface area (Å²) in [5.41, 5.74) is 0.442. The predicted octanol–water partition coefficient (Wildman–Crippen LogP) is 4.94. The summed E-state index contributed by atoms with van der Waals surface area (Å²) in [6.45, 7) is 0.115. The minimum Gasteiger partial charge on any atom is -0.504 e. The Balaban J connectivity index is 1.66. The lowest BCUT2D eigenvalue weighted by atomic mass is 9.98. The van der Waals surface area contributed by atoms with Gasteiger partial charge in [-0.15, -0.1) is 0 Å². The fraction of sp³-hybridized carbons (Fsp3) is 0.348. The molecule has 0 aliphatic heterocycles. The van der Waals surface area contributed by atoms with Crippen molar-refractivity contribution in [3.63, 3.8) is 0 Å². The van der Waals surface area contributed by atoms with Crippen molar-refractivity contribution in [2.75, 3.05) is 7.11 Å². The number of fused-ring (bicyclic) bond motifs is 1. The molecule has 30 heavy (non-hydrogen) atoms. The zero-order chi connectivity index (χ0) is 21.1. The maximum absolute atomic E-state index is 13.1. The normalized spacial score (nSPS) is 14.6. The third-order valence-electron chi connectivity index (χ3n) is 5.24. The summed E-state index contributed by atoms with van der Waals surface area (Å²) >= 11 is 0. The smallest absolute Gasteiger partial charge is 0.289 e. The van der Waals surface area contributed by atoms with Gasteiger partial charge in [-0.25, -0.2) is 4.39 Å². The first-order valence-electron chi connectivity index (χ1n) is 9.97. The molecule has 6 nitrogen and oxygen atoms in total. The van der Waals surface area contributed by atoms with Crippen molar-refractivity contribution < 1.29 is 28.1 Å². The van der Waals surface area contributed by atoms with Crippen molar-refractivity contribution in [3.8, 4) is 23.2 Å². The molecule has 1 N–H and O–H groups in total. The average Bonchev–Trinajstić information content (AvgIpc) is 2.74. The summed E-state index contributed by atoms with van der Waals surface area (Å²) in [6.07, 6.45) is 5.21. The first-order chi connectivity index (χ1) is 14.5. The fourth-order valence-electron chi connectivity index (χ4n) is 3.69. The second-order valence-electron chi connectivity index (χ2n) is 7.35. The third kappa shape index (κ3) is 4.20. The lowest BCUT2D eigenvalue weighted by molar-refractivity contribution is 0.121. The fourth-order valence-corrected chi connectivity index (χ4v) is 3.69. The maximum atomic E-state index is 13.1. The lowest BCUT2D eigenvalue weighted by Gasteiger charge is -2.22. The zero-order valence-electron chi connectivity index (χ0n) is 16.7. The Morgan fingerprint density at radius 2 is 1.87 bits per heavy atom. The van der Waals surface area contributed by atoms with Crippen LogP contribution < -0.4 is 19.6 Å². The van der Waals surface area contributed by atoms with E-state index in [4.69, 9.17) is 18.6 Å². The van der Waals surface area contributed by atoms with Crippen molar-refractivity contribution in [2.24, 2.45) is 0 Å². The van der Waals surface area contributed by atoms with Crippen molar-refractivity contribution in [1.82, 2.24) is 0 Å². The molecule has 7 heteroatoms. The summed E-state index contributed by atoms with van der Waals surface area (Å²) in [5, 5.41) is 10.6. The topological polar surface area (TPSA) is 78.1 Å². The standard InChI is InChI=1S/C23H23FO6/c1-27-23-19(28-13-14-7-9-15(24)10-8-14)12-18-21(22(23)26)17(25)11-20(30-18)29-16-5-3-2-4-6-16/h7-12,16,26H,2-6,13H2,1H3. The van der Waals surface area contributed by atoms with E-state index in [0.29, 0.717) is 0 Å². The number of aromatic hydroxyl groups is 1. The number of phenolic OH excluding ortho intramolecular Hbond substituents is 1. The SMILES string of the molecule is COc1c(OCc2ccc(F)cc2)cc2oc(OC3CCCCC3)cc(=O)c2c1O. The van der Waals surface area contributed by atoms with Crippen LogP contribution in [0.3, 0.4) is 0 Å². The minimum atomic E-state index is -0.428. The van der Waals surface area contributed by atoms with Gasteiger partial charge >= 0.3 is 0 Å². The van der Waals surface area contributed by atoms with Gasteiger partial charge in [0.1, 0.15) is 29.5 Å². The van der Waals surface area contributed by atoms with Crippen LogP contribution in [0.4, 0.5) is 4.39 Å². The van der Waals surface area contributed by atoms with Crippen LogP contribution in [-0.2, 0) is 6.61 Å². The number of halogens is 1.